The van der Waals surface area contributed by atoms with Crippen LogP contribution in [0, 0.1) is 0 Å². The first-order valence-corrected chi connectivity index (χ1v) is 9.07. The molecule has 0 saturated carbocycles. The Balaban J connectivity index is 2.51. The second-order valence-corrected chi connectivity index (χ2v) is 7.44. The van der Waals surface area contributed by atoms with Crippen molar-refractivity contribution >= 4 is 41.6 Å². The van der Waals surface area contributed by atoms with Crippen LogP contribution < -0.4 is 10.1 Å². The van der Waals surface area contributed by atoms with Gasteiger partial charge in [-0.05, 0) is 40.5 Å². The molecular formula is C12H15BrClNO5S. The zero-order valence-corrected chi connectivity index (χ0v) is 14.4. The van der Waals surface area contributed by atoms with Gasteiger partial charge in [0.2, 0.25) is 0 Å². The van der Waals surface area contributed by atoms with E-state index in [-0.39, 0.29) is 17.4 Å². The summed E-state index contributed by atoms with van der Waals surface area (Å²) < 4.78 is 32.9. The molecule has 0 atom stereocenters. The number of ether oxygens (including phenoxy) is 2. The third-order valence-electron chi connectivity index (χ3n) is 2.39. The Hall–Kier alpha value is -0.830. The molecule has 0 spiro atoms. The fraction of sp³-hybridized carbons (Fsp3) is 0.417. The number of nitrogens with one attached hydrogen (secondary N) is 1. The maximum absolute atomic E-state index is 11.5. The molecule has 21 heavy (non-hydrogen) atoms. The summed E-state index contributed by atoms with van der Waals surface area (Å²) in [4.78, 5) is 11.5. The number of hydrogen-bond acceptors (Lipinski definition) is 5. The fourth-order valence-electron chi connectivity index (χ4n) is 1.39. The molecule has 6 nitrogen and oxygen atoms in total. The van der Waals surface area contributed by atoms with E-state index in [0.717, 1.165) is 0 Å². The van der Waals surface area contributed by atoms with Crippen molar-refractivity contribution in [1.29, 1.82) is 0 Å². The van der Waals surface area contributed by atoms with E-state index in [9.17, 15) is 13.2 Å². The molecule has 1 aromatic carbocycles. The summed E-state index contributed by atoms with van der Waals surface area (Å²) >= 11 is 3.17. The highest BCUT2D eigenvalue weighted by molar-refractivity contribution is 9.10. The van der Waals surface area contributed by atoms with Crippen molar-refractivity contribution in [3.63, 3.8) is 0 Å². The minimum atomic E-state index is -3.80. The molecule has 0 aliphatic carbocycles. The van der Waals surface area contributed by atoms with Gasteiger partial charge in [-0.15, -0.1) is 0 Å². The molecule has 118 valence electrons. The minimum Gasteiger partial charge on any atom is -0.483 e. The molecule has 0 saturated heterocycles. The summed E-state index contributed by atoms with van der Waals surface area (Å²) in [6.07, 6.45) is 0.716. The monoisotopic (exact) mass is 399 g/mol. The number of methoxy groups -OCH3 is 1. The minimum absolute atomic E-state index is 0.0487. The number of benzene rings is 1. The Morgan fingerprint density at radius 3 is 2.71 bits per heavy atom. The first-order valence-electron chi connectivity index (χ1n) is 5.97. The largest absolute Gasteiger partial charge is 0.483 e. The van der Waals surface area contributed by atoms with Crippen molar-refractivity contribution in [1.82, 2.24) is 5.32 Å². The summed E-state index contributed by atoms with van der Waals surface area (Å²) in [5, 5.41) is 2.67. The average molecular weight is 401 g/mol. The molecule has 0 aliphatic heterocycles. The molecule has 0 aromatic heterocycles. The van der Waals surface area contributed by atoms with Crippen LogP contribution in [-0.4, -0.2) is 41.2 Å². The number of hydrogen-bond donors (Lipinski definition) is 1. The maximum Gasteiger partial charge on any atom is 0.261 e. The number of carbonyl (C=O) groups excluding carboxylic acids is 1. The Labute approximate surface area is 136 Å². The molecular weight excluding hydrogens is 386 g/mol. The quantitative estimate of drug-likeness (QED) is 0.532. The van der Waals surface area contributed by atoms with E-state index in [2.05, 4.69) is 21.2 Å². The van der Waals surface area contributed by atoms with Crippen LogP contribution >= 0.6 is 26.6 Å². The molecule has 0 bridgehead atoms. The van der Waals surface area contributed by atoms with Crippen LogP contribution in [-0.2, 0) is 18.6 Å². The molecule has 1 aromatic rings. The molecule has 1 N–H and O–H groups in total. The van der Waals surface area contributed by atoms with Gasteiger partial charge in [0.05, 0.1) is 9.37 Å². The molecule has 0 unspecified atom stereocenters. The van der Waals surface area contributed by atoms with Gasteiger partial charge in [0.25, 0.3) is 15.0 Å². The Kier molecular flexibility index (Phi) is 7.44. The lowest BCUT2D eigenvalue weighted by molar-refractivity contribution is -0.123. The molecule has 1 amide bonds. The highest BCUT2D eigenvalue weighted by Gasteiger charge is 2.13. The van der Waals surface area contributed by atoms with Crippen molar-refractivity contribution in [3.8, 4) is 5.75 Å². The van der Waals surface area contributed by atoms with Gasteiger partial charge in [-0.25, -0.2) is 8.42 Å². The van der Waals surface area contributed by atoms with Gasteiger partial charge < -0.3 is 14.8 Å². The Morgan fingerprint density at radius 2 is 2.14 bits per heavy atom. The van der Waals surface area contributed by atoms with Gasteiger partial charge in [0.15, 0.2) is 6.61 Å². The zero-order valence-electron chi connectivity index (χ0n) is 11.3. The topological polar surface area (TPSA) is 81.7 Å². The Morgan fingerprint density at radius 1 is 1.43 bits per heavy atom. The van der Waals surface area contributed by atoms with Crippen LogP contribution in [0.5, 0.6) is 5.75 Å². The number of rotatable bonds is 8. The summed E-state index contributed by atoms with van der Waals surface area (Å²) in [6.45, 7) is 0.903. The lowest BCUT2D eigenvalue weighted by Crippen LogP contribution is -2.30. The second kappa shape index (κ2) is 8.57. The molecule has 0 aliphatic rings. The number of halogens is 2. The van der Waals surface area contributed by atoms with E-state index < -0.39 is 9.05 Å². The van der Waals surface area contributed by atoms with Gasteiger partial charge >= 0.3 is 0 Å². The third-order valence-corrected chi connectivity index (χ3v) is 4.36. The molecule has 0 heterocycles. The van der Waals surface area contributed by atoms with Crippen molar-refractivity contribution < 1.29 is 22.7 Å². The Bertz CT molecular complexity index is 593. The molecule has 9 heteroatoms. The second-order valence-electron chi connectivity index (χ2n) is 4.02. The predicted octanol–water partition coefficient (Wildman–Crippen LogP) is 1.91. The van der Waals surface area contributed by atoms with Crippen LogP contribution in [0.3, 0.4) is 0 Å². The van der Waals surface area contributed by atoms with Gasteiger partial charge in [-0.3, -0.25) is 4.79 Å². The van der Waals surface area contributed by atoms with E-state index in [4.69, 9.17) is 20.2 Å². The average Bonchev–Trinajstić information content (AvgIpc) is 2.41. The third kappa shape index (κ3) is 6.64. The highest BCUT2D eigenvalue weighted by Crippen LogP contribution is 2.29. The number of carbonyl (C=O) groups is 1. The first kappa shape index (κ1) is 18.2. The van der Waals surface area contributed by atoms with Gasteiger partial charge in [0.1, 0.15) is 5.75 Å². The molecule has 1 rings (SSSR count). The van der Waals surface area contributed by atoms with E-state index in [1.165, 1.54) is 18.2 Å². The summed E-state index contributed by atoms with van der Waals surface area (Å²) in [6, 6.07) is 4.05. The molecule has 0 fully saturated rings. The number of amides is 1. The SMILES string of the molecule is COCCCNC(=O)COc1ccc(S(=O)(=O)Cl)cc1Br. The maximum atomic E-state index is 11.5. The first-order chi connectivity index (χ1) is 9.84. The summed E-state index contributed by atoms with van der Waals surface area (Å²) in [7, 11) is 3.02. The van der Waals surface area contributed by atoms with Crippen molar-refractivity contribution in [3.05, 3.63) is 22.7 Å². The lowest BCUT2D eigenvalue weighted by atomic mass is 10.3. The normalized spacial score (nSPS) is 11.2. The molecule has 0 radical (unpaired) electrons. The predicted molar refractivity (Wildman–Crippen MR) is 82.2 cm³/mol. The highest BCUT2D eigenvalue weighted by atomic mass is 79.9. The smallest absolute Gasteiger partial charge is 0.261 e. The van der Waals surface area contributed by atoms with Crippen LogP contribution in [0.2, 0.25) is 0 Å². The van der Waals surface area contributed by atoms with Crippen molar-refractivity contribution in [2.45, 2.75) is 11.3 Å². The summed E-state index contributed by atoms with van der Waals surface area (Å²) in [5.41, 5.74) is 0. The van der Waals surface area contributed by atoms with Crippen LogP contribution in [0.1, 0.15) is 6.42 Å². The van der Waals surface area contributed by atoms with Crippen molar-refractivity contribution in [2.24, 2.45) is 0 Å². The van der Waals surface area contributed by atoms with Gasteiger partial charge in [0, 0.05) is 30.9 Å². The van der Waals surface area contributed by atoms with E-state index in [1.54, 1.807) is 7.11 Å². The van der Waals surface area contributed by atoms with Gasteiger partial charge in [-0.1, -0.05) is 0 Å². The van der Waals surface area contributed by atoms with E-state index in [0.29, 0.717) is 29.8 Å². The van der Waals surface area contributed by atoms with Crippen LogP contribution in [0.25, 0.3) is 0 Å². The van der Waals surface area contributed by atoms with E-state index in [1.807, 2.05) is 0 Å². The standard InChI is InChI=1S/C12H15BrClNO5S/c1-19-6-2-5-15-12(16)8-20-11-4-3-9(7-10(11)13)21(14,17)18/h3-4,7H,2,5-6,8H2,1H3,(H,15,16). The van der Waals surface area contributed by atoms with Crippen molar-refractivity contribution in [2.75, 3.05) is 26.9 Å². The van der Waals surface area contributed by atoms with E-state index >= 15 is 0 Å². The fourth-order valence-corrected chi connectivity index (χ4v) is 2.81. The van der Waals surface area contributed by atoms with Gasteiger partial charge in [-0.2, -0.15) is 0 Å². The van der Waals surface area contributed by atoms with Crippen LogP contribution in [0.4, 0.5) is 0 Å². The zero-order chi connectivity index (χ0) is 15.9. The van der Waals surface area contributed by atoms with Crippen LogP contribution in [0.15, 0.2) is 27.6 Å². The summed E-state index contributed by atoms with van der Waals surface area (Å²) in [5.74, 6) is 0.0816. The lowest BCUT2D eigenvalue weighted by Gasteiger charge is -2.09.